The van der Waals surface area contributed by atoms with Crippen molar-refractivity contribution in [1.82, 2.24) is 10.6 Å². The molecule has 0 aromatic heterocycles. The number of carboxylic acid groups (broad SMARTS) is 1. The number of carboxylic acids is 1. The SMILES string of the molecule is COc1cc(/C=C(/NC(=O)c2ccccc2)C(=O)NC(C)C(=O)O)c([N+](=O)[O-])cc1OC. The Kier molecular flexibility index (Phi) is 7.88. The summed E-state index contributed by atoms with van der Waals surface area (Å²) in [6, 6.07) is 9.03. The summed E-state index contributed by atoms with van der Waals surface area (Å²) >= 11 is 0. The number of carbonyl (C=O) groups excluding carboxylic acids is 2. The quantitative estimate of drug-likeness (QED) is 0.302. The zero-order valence-corrected chi connectivity index (χ0v) is 17.4. The van der Waals surface area contributed by atoms with Gasteiger partial charge < -0.3 is 25.2 Å². The number of hydrogen-bond acceptors (Lipinski definition) is 7. The van der Waals surface area contributed by atoms with Gasteiger partial charge >= 0.3 is 5.97 Å². The molecule has 32 heavy (non-hydrogen) atoms. The average Bonchev–Trinajstić information content (AvgIpc) is 2.78. The Balaban J connectivity index is 2.57. The average molecular weight is 443 g/mol. The summed E-state index contributed by atoms with van der Waals surface area (Å²) in [7, 11) is 2.64. The maximum Gasteiger partial charge on any atom is 0.325 e. The highest BCUT2D eigenvalue weighted by atomic mass is 16.6. The lowest BCUT2D eigenvalue weighted by Gasteiger charge is -2.14. The third kappa shape index (κ3) is 5.81. The molecule has 0 fully saturated rings. The molecular weight excluding hydrogens is 422 g/mol. The van der Waals surface area contributed by atoms with Crippen LogP contribution in [0.4, 0.5) is 5.69 Å². The largest absolute Gasteiger partial charge is 0.493 e. The predicted octanol–water partition coefficient (Wildman–Crippen LogP) is 1.97. The first kappa shape index (κ1) is 23.9. The molecule has 0 aliphatic carbocycles. The number of rotatable bonds is 9. The number of carbonyl (C=O) groups is 3. The normalized spacial score (nSPS) is 11.8. The number of nitro groups is 1. The Bertz CT molecular complexity index is 1070. The smallest absolute Gasteiger partial charge is 0.325 e. The zero-order chi connectivity index (χ0) is 23.8. The summed E-state index contributed by atoms with van der Waals surface area (Å²) in [6.07, 6.45) is 1.06. The molecule has 1 atom stereocenters. The lowest BCUT2D eigenvalue weighted by atomic mass is 10.1. The molecule has 3 N–H and O–H groups in total. The molecule has 1 unspecified atom stereocenters. The van der Waals surface area contributed by atoms with Gasteiger partial charge in [0.15, 0.2) is 11.5 Å². The summed E-state index contributed by atoms with van der Waals surface area (Å²) in [5, 5.41) is 25.2. The van der Waals surface area contributed by atoms with Gasteiger partial charge in [0.25, 0.3) is 17.5 Å². The fraction of sp³-hybridized carbons (Fsp3) is 0.190. The molecule has 0 heterocycles. The van der Waals surface area contributed by atoms with Crippen molar-refractivity contribution in [3.63, 3.8) is 0 Å². The van der Waals surface area contributed by atoms with Crippen LogP contribution in [-0.4, -0.2) is 48.1 Å². The van der Waals surface area contributed by atoms with E-state index in [2.05, 4.69) is 10.6 Å². The van der Waals surface area contributed by atoms with Gasteiger partial charge in [0.1, 0.15) is 11.7 Å². The maximum atomic E-state index is 12.7. The number of aliphatic carboxylic acids is 1. The molecule has 0 aliphatic heterocycles. The fourth-order valence-corrected chi connectivity index (χ4v) is 2.59. The first-order chi connectivity index (χ1) is 15.2. The lowest BCUT2D eigenvalue weighted by Crippen LogP contribution is -2.42. The van der Waals surface area contributed by atoms with Crippen molar-refractivity contribution >= 4 is 29.5 Å². The van der Waals surface area contributed by atoms with E-state index in [0.717, 1.165) is 12.1 Å². The second kappa shape index (κ2) is 10.6. The van der Waals surface area contributed by atoms with Crippen molar-refractivity contribution in [2.45, 2.75) is 13.0 Å². The number of nitrogens with zero attached hydrogens (tertiary/aromatic N) is 1. The van der Waals surface area contributed by atoms with Gasteiger partial charge in [-0.2, -0.15) is 0 Å². The van der Waals surface area contributed by atoms with Crippen molar-refractivity contribution in [1.29, 1.82) is 0 Å². The van der Waals surface area contributed by atoms with E-state index in [-0.39, 0.29) is 22.6 Å². The summed E-state index contributed by atoms with van der Waals surface area (Å²) in [5.74, 6) is -2.68. The highest BCUT2D eigenvalue weighted by Crippen LogP contribution is 2.35. The Morgan fingerprint density at radius 1 is 1.09 bits per heavy atom. The van der Waals surface area contributed by atoms with E-state index in [0.29, 0.717) is 0 Å². The molecular formula is C21H21N3O8. The van der Waals surface area contributed by atoms with E-state index in [4.69, 9.17) is 14.6 Å². The lowest BCUT2D eigenvalue weighted by molar-refractivity contribution is -0.385. The van der Waals surface area contributed by atoms with Crippen LogP contribution < -0.4 is 20.1 Å². The topological polar surface area (TPSA) is 157 Å². The second-order valence-electron chi connectivity index (χ2n) is 6.43. The molecule has 11 nitrogen and oxygen atoms in total. The number of methoxy groups -OCH3 is 2. The van der Waals surface area contributed by atoms with Crippen molar-refractivity contribution in [3.05, 3.63) is 69.4 Å². The minimum absolute atomic E-state index is 0.0749. The standard InChI is InChI=1S/C21H21N3O8/c1-12(21(27)28)22-20(26)15(23-19(25)13-7-5-4-6-8-13)9-14-10-17(31-2)18(32-3)11-16(14)24(29)30/h4-12H,1-3H3,(H,22,26)(H,23,25)(H,27,28)/b15-9+. The third-order valence-corrected chi connectivity index (χ3v) is 4.28. The summed E-state index contributed by atoms with van der Waals surface area (Å²) < 4.78 is 10.2. The molecule has 11 heteroatoms. The van der Waals surface area contributed by atoms with E-state index >= 15 is 0 Å². The number of benzene rings is 2. The monoisotopic (exact) mass is 443 g/mol. The molecule has 0 saturated carbocycles. The van der Waals surface area contributed by atoms with Crippen LogP contribution in [0.25, 0.3) is 6.08 Å². The van der Waals surface area contributed by atoms with E-state index in [1.165, 1.54) is 39.3 Å². The van der Waals surface area contributed by atoms with Crippen LogP contribution in [0.5, 0.6) is 11.5 Å². The highest BCUT2D eigenvalue weighted by molar-refractivity contribution is 6.06. The molecule has 2 rings (SSSR count). The molecule has 2 amide bonds. The molecule has 0 spiro atoms. The molecule has 0 radical (unpaired) electrons. The van der Waals surface area contributed by atoms with E-state index in [9.17, 15) is 24.5 Å². The predicted molar refractivity (Wildman–Crippen MR) is 113 cm³/mol. The van der Waals surface area contributed by atoms with Crippen LogP contribution in [-0.2, 0) is 9.59 Å². The minimum atomic E-state index is -1.30. The summed E-state index contributed by atoms with van der Waals surface area (Å²) in [5.41, 5.74) is -0.677. The van der Waals surface area contributed by atoms with Gasteiger partial charge in [-0.15, -0.1) is 0 Å². The van der Waals surface area contributed by atoms with Gasteiger partial charge in [-0.3, -0.25) is 24.5 Å². The number of nitrogens with one attached hydrogen (secondary N) is 2. The van der Waals surface area contributed by atoms with Crippen molar-refractivity contribution in [3.8, 4) is 11.5 Å². The van der Waals surface area contributed by atoms with Crippen LogP contribution >= 0.6 is 0 Å². The van der Waals surface area contributed by atoms with Crippen molar-refractivity contribution < 1.29 is 33.9 Å². The molecule has 2 aromatic rings. The first-order valence-corrected chi connectivity index (χ1v) is 9.20. The van der Waals surface area contributed by atoms with Crippen LogP contribution in [0.1, 0.15) is 22.8 Å². The van der Waals surface area contributed by atoms with Crippen LogP contribution in [0.2, 0.25) is 0 Å². The van der Waals surface area contributed by atoms with E-state index < -0.39 is 40.1 Å². The molecule has 0 saturated heterocycles. The number of amides is 2. The van der Waals surface area contributed by atoms with Crippen molar-refractivity contribution in [2.75, 3.05) is 14.2 Å². The van der Waals surface area contributed by atoms with Gasteiger partial charge in [0, 0.05) is 5.56 Å². The Morgan fingerprint density at radius 2 is 1.69 bits per heavy atom. The van der Waals surface area contributed by atoms with Gasteiger partial charge in [0.05, 0.1) is 30.8 Å². The molecule has 0 bridgehead atoms. The number of ether oxygens (including phenoxy) is 2. The van der Waals surface area contributed by atoms with Crippen LogP contribution in [0, 0.1) is 10.1 Å². The van der Waals surface area contributed by atoms with Crippen LogP contribution in [0.15, 0.2) is 48.2 Å². The third-order valence-electron chi connectivity index (χ3n) is 4.28. The fourth-order valence-electron chi connectivity index (χ4n) is 2.59. The van der Waals surface area contributed by atoms with Gasteiger partial charge in [-0.1, -0.05) is 18.2 Å². The Labute approximate surface area is 182 Å². The maximum absolute atomic E-state index is 12.7. The molecule has 168 valence electrons. The first-order valence-electron chi connectivity index (χ1n) is 9.20. The van der Waals surface area contributed by atoms with Gasteiger partial charge in [-0.25, -0.2) is 0 Å². The zero-order valence-electron chi connectivity index (χ0n) is 17.4. The minimum Gasteiger partial charge on any atom is -0.493 e. The highest BCUT2D eigenvalue weighted by Gasteiger charge is 2.23. The van der Waals surface area contributed by atoms with Gasteiger partial charge in [0.2, 0.25) is 0 Å². The van der Waals surface area contributed by atoms with E-state index in [1.54, 1.807) is 18.2 Å². The van der Waals surface area contributed by atoms with Crippen molar-refractivity contribution in [2.24, 2.45) is 0 Å². The molecule has 2 aromatic carbocycles. The Morgan fingerprint density at radius 3 is 2.22 bits per heavy atom. The number of hydrogen-bond donors (Lipinski definition) is 3. The summed E-state index contributed by atoms with van der Waals surface area (Å²) in [4.78, 5) is 47.3. The number of nitro benzene ring substituents is 1. The molecule has 0 aliphatic rings. The Hall–Kier alpha value is -4.41. The van der Waals surface area contributed by atoms with E-state index in [1.807, 2.05) is 0 Å². The van der Waals surface area contributed by atoms with Gasteiger partial charge in [-0.05, 0) is 31.2 Å². The second-order valence-corrected chi connectivity index (χ2v) is 6.43. The summed E-state index contributed by atoms with van der Waals surface area (Å²) in [6.45, 7) is 1.23. The van der Waals surface area contributed by atoms with Crippen LogP contribution in [0.3, 0.4) is 0 Å².